The molecule has 0 aliphatic rings. The van der Waals surface area contributed by atoms with E-state index in [0.29, 0.717) is 14.9 Å². The van der Waals surface area contributed by atoms with Gasteiger partial charge in [-0.15, -0.1) is 0 Å². The number of halogens is 6. The summed E-state index contributed by atoms with van der Waals surface area (Å²) in [6.45, 7) is 0.0804. The van der Waals surface area contributed by atoms with Gasteiger partial charge in [0.2, 0.25) is 0 Å². The lowest BCUT2D eigenvalue weighted by Crippen LogP contribution is -2.11. The van der Waals surface area contributed by atoms with Crippen molar-refractivity contribution in [1.82, 2.24) is 0 Å². The Morgan fingerprint density at radius 1 is 1.25 bits per heavy atom. The van der Waals surface area contributed by atoms with Crippen LogP contribution in [0.1, 0.15) is 11.3 Å². The lowest BCUT2D eigenvalue weighted by atomic mass is 10.1. The molecule has 1 aromatic carbocycles. The maximum absolute atomic E-state index is 12.9. The van der Waals surface area contributed by atoms with Gasteiger partial charge in [0, 0.05) is 0 Å². The minimum absolute atomic E-state index is 0.00418. The van der Waals surface area contributed by atoms with Gasteiger partial charge in [0.1, 0.15) is 5.76 Å². The second-order valence-corrected chi connectivity index (χ2v) is 5.83. The third-order valence-corrected chi connectivity index (χ3v) is 4.48. The predicted octanol–water partition coefficient (Wildman–Crippen LogP) is 6.09. The molecule has 0 aliphatic carbocycles. The van der Waals surface area contributed by atoms with Crippen LogP contribution in [-0.2, 0) is 12.7 Å². The van der Waals surface area contributed by atoms with E-state index in [4.69, 9.17) is 16.0 Å². The van der Waals surface area contributed by atoms with Crippen LogP contribution in [0.3, 0.4) is 0 Å². The summed E-state index contributed by atoms with van der Waals surface area (Å²) < 4.78 is 45.1. The Hall–Kier alpha value is -0.660. The fourth-order valence-electron chi connectivity index (χ4n) is 1.59. The van der Waals surface area contributed by atoms with Crippen LogP contribution >= 0.6 is 43.5 Å². The molecule has 0 atom stereocenters. The number of rotatable bonds is 3. The van der Waals surface area contributed by atoms with E-state index in [-0.39, 0.29) is 17.3 Å². The number of nitrogens with one attached hydrogen (secondary N) is 1. The summed E-state index contributed by atoms with van der Waals surface area (Å²) in [5, 5.41) is 2.66. The van der Waals surface area contributed by atoms with Crippen molar-refractivity contribution in [2.45, 2.75) is 12.7 Å². The van der Waals surface area contributed by atoms with Crippen LogP contribution < -0.4 is 5.32 Å². The summed E-state index contributed by atoms with van der Waals surface area (Å²) in [5.74, 6) is 0.469. The lowest BCUT2D eigenvalue weighted by molar-refractivity contribution is -0.137. The van der Waals surface area contributed by atoms with Crippen molar-refractivity contribution in [3.63, 3.8) is 0 Å². The summed E-state index contributed by atoms with van der Waals surface area (Å²) in [7, 11) is 0. The molecular formula is C12H7Br2ClF3NO. The Kier molecular flexibility index (Phi) is 4.71. The van der Waals surface area contributed by atoms with Gasteiger partial charge in [0.25, 0.3) is 0 Å². The Bertz CT molecular complexity index is 608. The summed E-state index contributed by atoms with van der Waals surface area (Å²) in [6, 6.07) is 5.28. The highest BCUT2D eigenvalue weighted by Gasteiger charge is 2.34. The van der Waals surface area contributed by atoms with Crippen LogP contribution in [0.15, 0.2) is 37.8 Å². The molecule has 0 unspecified atom stereocenters. The largest absolute Gasteiger partial charge is 0.451 e. The molecule has 0 radical (unpaired) electrons. The zero-order valence-corrected chi connectivity index (χ0v) is 13.6. The Labute approximate surface area is 134 Å². The molecular weight excluding hydrogens is 426 g/mol. The van der Waals surface area contributed by atoms with Crippen LogP contribution in [-0.4, -0.2) is 0 Å². The maximum atomic E-state index is 12.9. The number of alkyl halides is 3. The number of benzene rings is 1. The standard InChI is InChI=1S/C12H7Br2ClF3NO/c13-8-4-6(20-11(8)14)5-19-10-7(12(16,17)18)2-1-3-9(10)15/h1-4,19H,5H2. The number of para-hydroxylation sites is 1. The van der Waals surface area contributed by atoms with Crippen LogP contribution in [0.25, 0.3) is 0 Å². The first kappa shape index (κ1) is 15.7. The molecule has 0 fully saturated rings. The first-order valence-electron chi connectivity index (χ1n) is 5.32. The molecule has 1 aromatic heterocycles. The summed E-state index contributed by atoms with van der Waals surface area (Å²) in [4.78, 5) is 0. The van der Waals surface area contributed by atoms with E-state index in [2.05, 4.69) is 37.2 Å². The van der Waals surface area contributed by atoms with Gasteiger partial charge in [-0.05, 0) is 50.1 Å². The van der Waals surface area contributed by atoms with E-state index in [1.165, 1.54) is 12.1 Å². The van der Waals surface area contributed by atoms with Gasteiger partial charge < -0.3 is 9.73 Å². The minimum Gasteiger partial charge on any atom is -0.451 e. The monoisotopic (exact) mass is 431 g/mol. The predicted molar refractivity (Wildman–Crippen MR) is 77.9 cm³/mol. The zero-order chi connectivity index (χ0) is 14.9. The van der Waals surface area contributed by atoms with Crippen molar-refractivity contribution in [3.8, 4) is 0 Å². The molecule has 2 nitrogen and oxygen atoms in total. The SMILES string of the molecule is FC(F)(F)c1cccc(Cl)c1NCc1cc(Br)c(Br)o1. The van der Waals surface area contributed by atoms with E-state index in [9.17, 15) is 13.2 Å². The van der Waals surface area contributed by atoms with Crippen LogP contribution in [0.5, 0.6) is 0 Å². The average Bonchev–Trinajstić information content (AvgIpc) is 2.66. The molecule has 2 aromatic rings. The van der Waals surface area contributed by atoms with Crippen molar-refractivity contribution < 1.29 is 17.6 Å². The molecule has 2 rings (SSSR count). The van der Waals surface area contributed by atoms with Crippen LogP contribution in [0, 0.1) is 0 Å². The molecule has 20 heavy (non-hydrogen) atoms. The molecule has 0 saturated carbocycles. The van der Waals surface area contributed by atoms with Gasteiger partial charge in [0.15, 0.2) is 4.67 Å². The average molecular weight is 433 g/mol. The van der Waals surface area contributed by atoms with E-state index < -0.39 is 11.7 Å². The number of hydrogen-bond acceptors (Lipinski definition) is 2. The fraction of sp³-hybridized carbons (Fsp3) is 0.167. The summed E-state index contributed by atoms with van der Waals surface area (Å²) >= 11 is 12.2. The molecule has 1 heterocycles. The Morgan fingerprint density at radius 3 is 2.50 bits per heavy atom. The first-order chi connectivity index (χ1) is 9.29. The second kappa shape index (κ2) is 5.99. The molecule has 1 N–H and O–H groups in total. The number of hydrogen-bond donors (Lipinski definition) is 1. The molecule has 0 aliphatic heterocycles. The van der Waals surface area contributed by atoms with Gasteiger partial charge >= 0.3 is 6.18 Å². The van der Waals surface area contributed by atoms with Gasteiger partial charge in [-0.1, -0.05) is 17.7 Å². The smallest absolute Gasteiger partial charge is 0.418 e. The van der Waals surface area contributed by atoms with Gasteiger partial charge in [-0.3, -0.25) is 0 Å². The van der Waals surface area contributed by atoms with Crippen molar-refractivity contribution in [1.29, 1.82) is 0 Å². The Morgan fingerprint density at radius 2 is 1.95 bits per heavy atom. The molecule has 8 heteroatoms. The van der Waals surface area contributed by atoms with Gasteiger partial charge in [-0.2, -0.15) is 13.2 Å². The summed E-state index contributed by atoms with van der Waals surface area (Å²) in [5.41, 5.74) is -0.972. The van der Waals surface area contributed by atoms with E-state index >= 15 is 0 Å². The third-order valence-electron chi connectivity index (χ3n) is 2.45. The topological polar surface area (TPSA) is 25.2 Å². The highest BCUT2D eigenvalue weighted by atomic mass is 79.9. The van der Waals surface area contributed by atoms with Gasteiger partial charge in [-0.25, -0.2) is 0 Å². The fourth-order valence-corrected chi connectivity index (χ4v) is 2.49. The molecule has 0 spiro atoms. The highest BCUT2D eigenvalue weighted by Crippen LogP contribution is 2.38. The maximum Gasteiger partial charge on any atom is 0.418 e. The molecule has 0 bridgehead atoms. The zero-order valence-electron chi connectivity index (χ0n) is 9.69. The van der Waals surface area contributed by atoms with Gasteiger partial charge in [0.05, 0.1) is 27.3 Å². The highest BCUT2D eigenvalue weighted by molar-refractivity contribution is 9.13. The lowest BCUT2D eigenvalue weighted by Gasteiger charge is -2.15. The van der Waals surface area contributed by atoms with Crippen molar-refractivity contribution in [2.24, 2.45) is 0 Å². The summed E-state index contributed by atoms with van der Waals surface area (Å²) in [6.07, 6.45) is -4.47. The molecule has 0 saturated heterocycles. The first-order valence-corrected chi connectivity index (χ1v) is 7.28. The normalized spacial score (nSPS) is 11.7. The molecule has 0 amide bonds. The third kappa shape index (κ3) is 3.51. The van der Waals surface area contributed by atoms with Crippen molar-refractivity contribution in [2.75, 3.05) is 5.32 Å². The van der Waals surface area contributed by atoms with Crippen molar-refractivity contribution in [3.05, 3.63) is 49.8 Å². The molecule has 108 valence electrons. The van der Waals surface area contributed by atoms with E-state index in [1.54, 1.807) is 6.07 Å². The second-order valence-electron chi connectivity index (χ2n) is 3.85. The Balaban J connectivity index is 2.25. The van der Waals surface area contributed by atoms with E-state index in [0.717, 1.165) is 6.07 Å². The van der Waals surface area contributed by atoms with Crippen molar-refractivity contribution >= 4 is 49.1 Å². The number of anilines is 1. The van der Waals surface area contributed by atoms with Crippen LogP contribution in [0.2, 0.25) is 5.02 Å². The quantitative estimate of drug-likeness (QED) is 0.634. The van der Waals surface area contributed by atoms with E-state index in [1.807, 2.05) is 0 Å². The number of furan rings is 1. The van der Waals surface area contributed by atoms with Crippen LogP contribution in [0.4, 0.5) is 18.9 Å². The minimum atomic E-state index is -4.47.